The zero-order chi connectivity index (χ0) is 12.8. The first-order valence-corrected chi connectivity index (χ1v) is 7.46. The van der Waals surface area contributed by atoms with Gasteiger partial charge in [-0.05, 0) is 34.5 Å². The number of carbonyl (C=O) groups is 1. The molecule has 2 atom stereocenters. The van der Waals surface area contributed by atoms with Crippen LogP contribution in [0.25, 0.3) is 0 Å². The summed E-state index contributed by atoms with van der Waals surface area (Å²) in [6.07, 6.45) is 2.11. The zero-order valence-corrected chi connectivity index (χ0v) is 12.0. The van der Waals surface area contributed by atoms with Gasteiger partial charge in [-0.2, -0.15) is 0 Å². The summed E-state index contributed by atoms with van der Waals surface area (Å²) in [5.74, 6) is -0.993. The maximum atomic E-state index is 12.2. The molecule has 0 saturated carbocycles. The lowest BCUT2D eigenvalue weighted by Gasteiger charge is -2.12. The molecule has 0 bridgehead atoms. The molecule has 0 amide bonds. The summed E-state index contributed by atoms with van der Waals surface area (Å²) in [5.41, 5.74) is 0. The highest BCUT2D eigenvalue weighted by Gasteiger charge is 2.26. The Morgan fingerprint density at radius 1 is 1.47 bits per heavy atom. The van der Waals surface area contributed by atoms with E-state index in [2.05, 4.69) is 15.9 Å². The second-order valence-electron chi connectivity index (χ2n) is 3.70. The van der Waals surface area contributed by atoms with Crippen molar-refractivity contribution in [3.05, 3.63) is 28.7 Å². The first kappa shape index (κ1) is 14.4. The molecule has 0 radical (unpaired) electrons. The van der Waals surface area contributed by atoms with Crippen molar-refractivity contribution in [2.24, 2.45) is 0 Å². The van der Waals surface area contributed by atoms with Gasteiger partial charge in [0.2, 0.25) is 0 Å². The van der Waals surface area contributed by atoms with Crippen LogP contribution in [0.4, 0.5) is 0 Å². The number of hydrogen-bond acceptors (Lipinski definition) is 2. The summed E-state index contributed by atoms with van der Waals surface area (Å²) in [6.45, 7) is 1.99. The molecule has 5 heteroatoms. The van der Waals surface area contributed by atoms with Crippen LogP contribution in [0.5, 0.6) is 0 Å². The van der Waals surface area contributed by atoms with Crippen LogP contribution in [0.3, 0.4) is 0 Å². The van der Waals surface area contributed by atoms with Crippen LogP contribution in [-0.4, -0.2) is 20.5 Å². The Balaban J connectivity index is 2.92. The van der Waals surface area contributed by atoms with E-state index in [1.165, 1.54) is 0 Å². The van der Waals surface area contributed by atoms with Crippen LogP contribution >= 0.6 is 15.9 Å². The molecule has 2 unspecified atom stereocenters. The van der Waals surface area contributed by atoms with E-state index >= 15 is 0 Å². The van der Waals surface area contributed by atoms with Crippen molar-refractivity contribution in [3.8, 4) is 0 Å². The van der Waals surface area contributed by atoms with Gasteiger partial charge in [0.1, 0.15) is 5.25 Å². The fourth-order valence-corrected chi connectivity index (χ4v) is 3.58. The highest BCUT2D eigenvalue weighted by atomic mass is 79.9. The molecule has 0 fully saturated rings. The second-order valence-corrected chi connectivity index (χ2v) is 6.15. The summed E-state index contributed by atoms with van der Waals surface area (Å²) in [7, 11) is -1.51. The Morgan fingerprint density at radius 2 is 2.12 bits per heavy atom. The molecule has 0 spiro atoms. The summed E-state index contributed by atoms with van der Waals surface area (Å²) >= 11 is 3.30. The third-order valence-corrected chi connectivity index (χ3v) is 5.10. The lowest BCUT2D eigenvalue weighted by atomic mass is 10.2. The lowest BCUT2D eigenvalue weighted by Crippen LogP contribution is -2.25. The minimum atomic E-state index is -1.51. The predicted octanol–water partition coefficient (Wildman–Crippen LogP) is 3.20. The Kier molecular flexibility index (Phi) is 5.85. The average Bonchev–Trinajstić information content (AvgIpc) is 2.29. The van der Waals surface area contributed by atoms with E-state index in [4.69, 9.17) is 5.11 Å². The fraction of sp³-hybridized carbons (Fsp3) is 0.417. The Hall–Kier alpha value is -0.680. The molecule has 17 heavy (non-hydrogen) atoms. The molecule has 0 aliphatic rings. The largest absolute Gasteiger partial charge is 0.480 e. The van der Waals surface area contributed by atoms with Gasteiger partial charge in [-0.1, -0.05) is 31.9 Å². The first-order chi connectivity index (χ1) is 8.07. The molecule has 1 aromatic carbocycles. The molecular formula is C12H15BrO3S. The average molecular weight is 319 g/mol. The monoisotopic (exact) mass is 318 g/mol. The molecule has 0 saturated heterocycles. The van der Waals surface area contributed by atoms with Crippen LogP contribution in [0, 0.1) is 0 Å². The molecule has 1 aromatic rings. The molecule has 0 aliphatic heterocycles. The third kappa shape index (κ3) is 3.92. The molecule has 3 nitrogen and oxygen atoms in total. The fourth-order valence-electron chi connectivity index (χ4n) is 1.47. The maximum Gasteiger partial charge on any atom is 0.319 e. The number of halogens is 1. The normalized spacial score (nSPS) is 14.2. The molecule has 0 aromatic heterocycles. The Labute approximate surface area is 112 Å². The van der Waals surface area contributed by atoms with Crippen LogP contribution in [0.1, 0.15) is 26.2 Å². The van der Waals surface area contributed by atoms with Gasteiger partial charge in [0.25, 0.3) is 0 Å². The van der Waals surface area contributed by atoms with Crippen molar-refractivity contribution < 1.29 is 14.1 Å². The van der Waals surface area contributed by atoms with Crippen LogP contribution in [0.15, 0.2) is 33.6 Å². The van der Waals surface area contributed by atoms with E-state index in [-0.39, 0.29) is 0 Å². The van der Waals surface area contributed by atoms with Gasteiger partial charge in [0.05, 0.1) is 15.7 Å². The topological polar surface area (TPSA) is 54.4 Å². The van der Waals surface area contributed by atoms with Gasteiger partial charge in [-0.15, -0.1) is 0 Å². The molecule has 94 valence electrons. The van der Waals surface area contributed by atoms with Crippen molar-refractivity contribution in [1.82, 2.24) is 0 Å². The van der Waals surface area contributed by atoms with Crippen molar-refractivity contribution in [1.29, 1.82) is 0 Å². The summed E-state index contributed by atoms with van der Waals surface area (Å²) in [6, 6.07) is 7.04. The van der Waals surface area contributed by atoms with Crippen LogP contribution < -0.4 is 0 Å². The lowest BCUT2D eigenvalue weighted by molar-refractivity contribution is -0.136. The highest BCUT2D eigenvalue weighted by Crippen LogP contribution is 2.24. The van der Waals surface area contributed by atoms with E-state index < -0.39 is 22.0 Å². The molecule has 1 N–H and O–H groups in total. The van der Waals surface area contributed by atoms with E-state index in [9.17, 15) is 9.00 Å². The van der Waals surface area contributed by atoms with Gasteiger partial charge in [-0.3, -0.25) is 9.00 Å². The number of unbranched alkanes of at least 4 members (excludes halogenated alkanes) is 1. The van der Waals surface area contributed by atoms with Gasteiger partial charge in [0, 0.05) is 4.47 Å². The number of carboxylic acids is 1. The molecule has 1 rings (SSSR count). The number of rotatable bonds is 6. The second kappa shape index (κ2) is 6.91. The third-order valence-electron chi connectivity index (χ3n) is 2.41. The van der Waals surface area contributed by atoms with Crippen molar-refractivity contribution in [2.45, 2.75) is 36.3 Å². The van der Waals surface area contributed by atoms with E-state index in [1.54, 1.807) is 18.2 Å². The number of benzene rings is 1. The predicted molar refractivity (Wildman–Crippen MR) is 71.5 cm³/mol. The minimum Gasteiger partial charge on any atom is -0.480 e. The van der Waals surface area contributed by atoms with Crippen molar-refractivity contribution in [2.75, 3.05) is 0 Å². The van der Waals surface area contributed by atoms with Gasteiger partial charge >= 0.3 is 5.97 Å². The summed E-state index contributed by atoms with van der Waals surface area (Å²) in [5, 5.41) is 8.29. The zero-order valence-electron chi connectivity index (χ0n) is 9.56. The van der Waals surface area contributed by atoms with Crippen molar-refractivity contribution in [3.63, 3.8) is 0 Å². The van der Waals surface area contributed by atoms with Crippen LogP contribution in [0.2, 0.25) is 0 Å². The molecule has 0 aliphatic carbocycles. The maximum absolute atomic E-state index is 12.2. The number of hydrogen-bond donors (Lipinski definition) is 1. The van der Waals surface area contributed by atoms with Crippen LogP contribution in [-0.2, 0) is 15.6 Å². The SMILES string of the molecule is CCCCC(C(=O)O)S(=O)c1ccccc1Br. The standard InChI is InChI=1S/C12H15BrO3S/c1-2-3-7-11(12(14)15)17(16)10-8-5-4-6-9(10)13/h4-6,8,11H,2-3,7H2,1H3,(H,14,15). The molecule has 0 heterocycles. The van der Waals surface area contributed by atoms with Gasteiger partial charge < -0.3 is 5.11 Å². The van der Waals surface area contributed by atoms with E-state index in [1.807, 2.05) is 13.0 Å². The van der Waals surface area contributed by atoms with Gasteiger partial charge in [0.15, 0.2) is 0 Å². The summed E-state index contributed by atoms with van der Waals surface area (Å²) < 4.78 is 12.9. The Bertz CT molecular complexity index is 420. The van der Waals surface area contributed by atoms with Gasteiger partial charge in [-0.25, -0.2) is 0 Å². The van der Waals surface area contributed by atoms with Crippen molar-refractivity contribution >= 4 is 32.7 Å². The summed E-state index contributed by atoms with van der Waals surface area (Å²) in [4.78, 5) is 11.7. The number of aliphatic carboxylic acids is 1. The first-order valence-electron chi connectivity index (χ1n) is 5.45. The van der Waals surface area contributed by atoms with E-state index in [0.717, 1.165) is 12.8 Å². The Morgan fingerprint density at radius 3 is 2.65 bits per heavy atom. The minimum absolute atomic E-state index is 0.444. The van der Waals surface area contributed by atoms with E-state index in [0.29, 0.717) is 15.8 Å². The quantitative estimate of drug-likeness (QED) is 0.876. The highest BCUT2D eigenvalue weighted by molar-refractivity contribution is 9.10. The smallest absolute Gasteiger partial charge is 0.319 e. The molecular weight excluding hydrogens is 304 g/mol. The number of carboxylic acid groups (broad SMARTS) is 1.